The minimum absolute atomic E-state index is 0.429. The molecule has 23 heavy (non-hydrogen) atoms. The van der Waals surface area contributed by atoms with Crippen LogP contribution in [0.3, 0.4) is 0 Å². The zero-order chi connectivity index (χ0) is 17.5. The van der Waals surface area contributed by atoms with Crippen LogP contribution in [0.4, 0.5) is 10.5 Å². The van der Waals surface area contributed by atoms with Crippen molar-refractivity contribution in [1.82, 2.24) is 0 Å². The molecular weight excluding hydrogens is 298 g/mol. The molecule has 6 nitrogen and oxygen atoms in total. The van der Waals surface area contributed by atoms with E-state index in [9.17, 15) is 4.79 Å². The summed E-state index contributed by atoms with van der Waals surface area (Å²) < 4.78 is 22.2. The number of carbonyl (C=O) groups is 1. The average Bonchev–Trinajstić information content (AvgIpc) is 2.43. The molecule has 0 spiro atoms. The Kier molecular flexibility index (Phi) is 7.00. The molecule has 1 aromatic carbocycles. The van der Waals surface area contributed by atoms with Gasteiger partial charge in [-0.05, 0) is 53.7 Å². The molecule has 0 bridgehead atoms. The van der Waals surface area contributed by atoms with E-state index < -0.39 is 11.7 Å². The van der Waals surface area contributed by atoms with Gasteiger partial charge in [-0.1, -0.05) is 0 Å². The predicted molar refractivity (Wildman–Crippen MR) is 89.8 cm³/mol. The molecule has 130 valence electrons. The molecule has 0 aliphatic carbocycles. The quantitative estimate of drug-likeness (QED) is 0.812. The summed E-state index contributed by atoms with van der Waals surface area (Å²) in [7, 11) is 0. The summed E-state index contributed by atoms with van der Waals surface area (Å²) in [5.74, 6) is 1.49. The van der Waals surface area contributed by atoms with Crippen LogP contribution in [0, 0.1) is 0 Å². The second kappa shape index (κ2) is 8.50. The second-order valence-electron chi connectivity index (χ2n) is 5.70. The second-order valence-corrected chi connectivity index (χ2v) is 5.70. The van der Waals surface area contributed by atoms with Gasteiger partial charge in [-0.15, -0.1) is 0 Å². The third-order valence-electron chi connectivity index (χ3n) is 2.59. The zero-order valence-electron chi connectivity index (χ0n) is 14.8. The molecule has 0 aliphatic heterocycles. The fourth-order valence-electron chi connectivity index (χ4n) is 1.89. The Morgan fingerprint density at radius 1 is 0.957 bits per heavy atom. The highest BCUT2D eigenvalue weighted by molar-refractivity contribution is 5.88. The van der Waals surface area contributed by atoms with Gasteiger partial charge in [0, 0.05) is 0 Å². The Labute approximate surface area is 138 Å². The molecule has 0 aliphatic rings. The number of anilines is 1. The Hall–Kier alpha value is -2.11. The van der Waals surface area contributed by atoms with Crippen LogP contribution < -0.4 is 19.5 Å². The first-order chi connectivity index (χ1) is 10.8. The third-order valence-corrected chi connectivity index (χ3v) is 2.59. The summed E-state index contributed by atoms with van der Waals surface area (Å²) in [4.78, 5) is 12.0. The standard InChI is InChI=1S/C17H27NO5/c1-7-20-13-11-10-12(18-16(19)23-17(4,5)6)14(21-8-2)15(13)22-9-3/h10-11H,7-9H2,1-6H3,(H,18,19). The molecule has 1 rings (SSSR count). The molecule has 1 N–H and O–H groups in total. The van der Waals surface area contributed by atoms with Gasteiger partial charge in [0.1, 0.15) is 5.60 Å². The zero-order valence-corrected chi connectivity index (χ0v) is 14.8. The van der Waals surface area contributed by atoms with E-state index in [2.05, 4.69) is 5.32 Å². The van der Waals surface area contributed by atoms with Crippen molar-refractivity contribution in [1.29, 1.82) is 0 Å². The van der Waals surface area contributed by atoms with Gasteiger partial charge in [-0.3, -0.25) is 5.32 Å². The number of ether oxygens (including phenoxy) is 4. The number of amides is 1. The van der Waals surface area contributed by atoms with Gasteiger partial charge in [0.15, 0.2) is 11.5 Å². The van der Waals surface area contributed by atoms with Crippen molar-refractivity contribution in [3.05, 3.63) is 12.1 Å². The Morgan fingerprint density at radius 2 is 1.52 bits per heavy atom. The Bertz CT molecular complexity index is 522. The molecule has 0 aromatic heterocycles. The fraction of sp³-hybridized carbons (Fsp3) is 0.588. The molecule has 0 unspecified atom stereocenters. The fourth-order valence-corrected chi connectivity index (χ4v) is 1.89. The van der Waals surface area contributed by atoms with E-state index in [1.807, 2.05) is 20.8 Å². The Balaban J connectivity index is 3.15. The third kappa shape index (κ3) is 5.88. The maximum Gasteiger partial charge on any atom is 0.412 e. The highest BCUT2D eigenvalue weighted by Gasteiger charge is 2.21. The molecule has 0 atom stereocenters. The normalized spacial score (nSPS) is 10.9. The van der Waals surface area contributed by atoms with Crippen LogP contribution in [0.15, 0.2) is 12.1 Å². The van der Waals surface area contributed by atoms with Gasteiger partial charge in [-0.25, -0.2) is 4.79 Å². The number of hydrogen-bond donors (Lipinski definition) is 1. The minimum Gasteiger partial charge on any atom is -0.490 e. The Morgan fingerprint density at radius 3 is 2.04 bits per heavy atom. The van der Waals surface area contributed by atoms with E-state index in [1.54, 1.807) is 32.9 Å². The van der Waals surface area contributed by atoms with Crippen molar-refractivity contribution in [2.45, 2.75) is 47.1 Å². The van der Waals surface area contributed by atoms with Crippen molar-refractivity contribution in [2.75, 3.05) is 25.1 Å². The lowest BCUT2D eigenvalue weighted by atomic mass is 10.2. The average molecular weight is 325 g/mol. The summed E-state index contributed by atoms with van der Waals surface area (Å²) >= 11 is 0. The van der Waals surface area contributed by atoms with Crippen LogP contribution >= 0.6 is 0 Å². The lowest BCUT2D eigenvalue weighted by Crippen LogP contribution is -2.27. The number of nitrogens with one attached hydrogen (secondary N) is 1. The lowest BCUT2D eigenvalue weighted by molar-refractivity contribution is 0.0635. The smallest absolute Gasteiger partial charge is 0.412 e. The summed E-state index contributed by atoms with van der Waals surface area (Å²) in [5, 5.41) is 2.70. The molecule has 6 heteroatoms. The summed E-state index contributed by atoms with van der Waals surface area (Å²) in [5.41, 5.74) is -0.0999. The summed E-state index contributed by atoms with van der Waals surface area (Å²) in [6.45, 7) is 12.4. The number of hydrogen-bond acceptors (Lipinski definition) is 5. The largest absolute Gasteiger partial charge is 0.490 e. The van der Waals surface area contributed by atoms with Crippen LogP contribution in [-0.4, -0.2) is 31.5 Å². The van der Waals surface area contributed by atoms with Crippen LogP contribution in [0.25, 0.3) is 0 Å². The van der Waals surface area contributed by atoms with E-state index in [0.717, 1.165) is 0 Å². The lowest BCUT2D eigenvalue weighted by Gasteiger charge is -2.22. The number of benzene rings is 1. The first-order valence-electron chi connectivity index (χ1n) is 7.87. The van der Waals surface area contributed by atoms with E-state index >= 15 is 0 Å². The van der Waals surface area contributed by atoms with Crippen molar-refractivity contribution < 1.29 is 23.7 Å². The molecule has 0 heterocycles. The van der Waals surface area contributed by atoms with E-state index in [-0.39, 0.29) is 0 Å². The topological polar surface area (TPSA) is 66.0 Å². The van der Waals surface area contributed by atoms with Crippen LogP contribution in [0.1, 0.15) is 41.5 Å². The first kappa shape index (κ1) is 18.9. The molecule has 1 amide bonds. The molecule has 1 aromatic rings. The van der Waals surface area contributed by atoms with Crippen molar-refractivity contribution in [3.8, 4) is 17.2 Å². The van der Waals surface area contributed by atoms with Gasteiger partial charge in [-0.2, -0.15) is 0 Å². The summed E-state index contributed by atoms with van der Waals surface area (Å²) in [6.07, 6.45) is -0.551. The molecule has 0 saturated carbocycles. The predicted octanol–water partition coefficient (Wildman–Crippen LogP) is 4.23. The van der Waals surface area contributed by atoms with Crippen LogP contribution in [-0.2, 0) is 4.74 Å². The maximum atomic E-state index is 12.0. The van der Waals surface area contributed by atoms with Gasteiger partial charge < -0.3 is 18.9 Å². The van der Waals surface area contributed by atoms with Gasteiger partial charge >= 0.3 is 6.09 Å². The molecule has 0 radical (unpaired) electrons. The summed E-state index contributed by atoms with van der Waals surface area (Å²) in [6, 6.07) is 3.45. The highest BCUT2D eigenvalue weighted by atomic mass is 16.6. The van der Waals surface area contributed by atoms with Gasteiger partial charge in [0.2, 0.25) is 5.75 Å². The monoisotopic (exact) mass is 325 g/mol. The minimum atomic E-state index is -0.579. The maximum absolute atomic E-state index is 12.0. The number of carbonyl (C=O) groups excluding carboxylic acids is 1. The van der Waals surface area contributed by atoms with Crippen LogP contribution in [0.5, 0.6) is 17.2 Å². The van der Waals surface area contributed by atoms with Crippen molar-refractivity contribution >= 4 is 11.8 Å². The van der Waals surface area contributed by atoms with Gasteiger partial charge in [0.25, 0.3) is 0 Å². The van der Waals surface area contributed by atoms with E-state index in [1.165, 1.54) is 0 Å². The van der Waals surface area contributed by atoms with Crippen LogP contribution in [0.2, 0.25) is 0 Å². The molecular formula is C17H27NO5. The number of rotatable bonds is 7. The molecule has 0 saturated heterocycles. The first-order valence-corrected chi connectivity index (χ1v) is 7.87. The van der Waals surface area contributed by atoms with Crippen molar-refractivity contribution in [3.63, 3.8) is 0 Å². The van der Waals surface area contributed by atoms with E-state index in [0.29, 0.717) is 42.8 Å². The van der Waals surface area contributed by atoms with Crippen molar-refractivity contribution in [2.24, 2.45) is 0 Å². The van der Waals surface area contributed by atoms with Gasteiger partial charge in [0.05, 0.1) is 25.5 Å². The molecule has 0 fully saturated rings. The highest BCUT2D eigenvalue weighted by Crippen LogP contribution is 2.43. The SMILES string of the molecule is CCOc1ccc(NC(=O)OC(C)(C)C)c(OCC)c1OCC. The van der Waals surface area contributed by atoms with E-state index in [4.69, 9.17) is 18.9 Å².